The molecule has 8 heteroatoms. The van der Waals surface area contributed by atoms with Crippen LogP contribution < -0.4 is 10.2 Å². The molecule has 1 N–H and O–H groups in total. The smallest absolute Gasteiger partial charge is 0.289 e. The molecule has 1 fully saturated rings. The number of nitro benzene ring substituents is 1. The van der Waals surface area contributed by atoms with Gasteiger partial charge in [-0.3, -0.25) is 19.7 Å². The summed E-state index contributed by atoms with van der Waals surface area (Å²) in [4.78, 5) is 36.8. The number of anilines is 2. The Morgan fingerprint density at radius 3 is 2.73 bits per heavy atom. The Bertz CT molecular complexity index is 900. The van der Waals surface area contributed by atoms with Gasteiger partial charge >= 0.3 is 0 Å². The molecule has 1 aliphatic rings. The molecule has 26 heavy (non-hydrogen) atoms. The molecular weight excluding hydrogens is 358 g/mol. The van der Waals surface area contributed by atoms with Crippen molar-refractivity contribution in [2.75, 3.05) is 16.8 Å². The van der Waals surface area contributed by atoms with Crippen molar-refractivity contribution in [1.82, 2.24) is 0 Å². The minimum atomic E-state index is -0.614. The van der Waals surface area contributed by atoms with Gasteiger partial charge in [0.1, 0.15) is 5.02 Å². The molecule has 0 spiro atoms. The molecule has 7 nitrogen and oxygen atoms in total. The Hall–Kier alpha value is -2.93. The quantitative estimate of drug-likeness (QED) is 0.655. The average Bonchev–Trinajstić information content (AvgIpc) is 2.98. The molecule has 2 amide bonds. The normalized spacial score (nSPS) is 16.6. The van der Waals surface area contributed by atoms with Crippen molar-refractivity contribution in [2.24, 2.45) is 5.92 Å². The highest BCUT2D eigenvalue weighted by atomic mass is 35.5. The molecule has 2 aromatic rings. The van der Waals surface area contributed by atoms with Crippen LogP contribution in [0.2, 0.25) is 5.02 Å². The van der Waals surface area contributed by atoms with E-state index in [-0.39, 0.29) is 41.2 Å². The van der Waals surface area contributed by atoms with Crippen LogP contribution in [0.1, 0.15) is 12.0 Å². The van der Waals surface area contributed by atoms with Crippen molar-refractivity contribution < 1.29 is 14.5 Å². The molecule has 0 bridgehead atoms. The maximum atomic E-state index is 12.5. The number of halogens is 1. The van der Waals surface area contributed by atoms with E-state index in [1.807, 2.05) is 31.2 Å². The Balaban J connectivity index is 1.74. The van der Waals surface area contributed by atoms with Gasteiger partial charge in [-0.15, -0.1) is 0 Å². The van der Waals surface area contributed by atoms with Crippen LogP contribution in [0.4, 0.5) is 17.1 Å². The van der Waals surface area contributed by atoms with E-state index in [9.17, 15) is 19.7 Å². The van der Waals surface area contributed by atoms with Gasteiger partial charge in [0.2, 0.25) is 11.8 Å². The molecule has 0 saturated carbocycles. The number of aryl methyl sites for hydroxylation is 1. The molecule has 2 aromatic carbocycles. The maximum Gasteiger partial charge on any atom is 0.289 e. The second-order valence-electron chi connectivity index (χ2n) is 6.10. The molecule has 3 rings (SSSR count). The lowest BCUT2D eigenvalue weighted by atomic mass is 10.1. The van der Waals surface area contributed by atoms with Crippen LogP contribution in [0.3, 0.4) is 0 Å². The summed E-state index contributed by atoms with van der Waals surface area (Å²) >= 11 is 5.77. The lowest BCUT2D eigenvalue weighted by molar-refractivity contribution is -0.384. The van der Waals surface area contributed by atoms with Gasteiger partial charge in [-0.2, -0.15) is 0 Å². The van der Waals surface area contributed by atoms with Gasteiger partial charge in [0, 0.05) is 30.4 Å². The summed E-state index contributed by atoms with van der Waals surface area (Å²) in [5.41, 5.74) is 1.73. The van der Waals surface area contributed by atoms with Crippen LogP contribution in [-0.2, 0) is 9.59 Å². The monoisotopic (exact) mass is 373 g/mol. The third kappa shape index (κ3) is 3.52. The number of para-hydroxylation sites is 1. The molecule has 1 unspecified atom stereocenters. The summed E-state index contributed by atoms with van der Waals surface area (Å²) in [7, 11) is 0. The van der Waals surface area contributed by atoms with Gasteiger partial charge in [-0.1, -0.05) is 29.8 Å². The molecule has 1 aliphatic heterocycles. The Kier molecular flexibility index (Phi) is 4.90. The van der Waals surface area contributed by atoms with Crippen LogP contribution in [0.5, 0.6) is 0 Å². The number of nitro groups is 1. The highest BCUT2D eigenvalue weighted by Gasteiger charge is 2.35. The maximum absolute atomic E-state index is 12.5. The fraction of sp³-hybridized carbons (Fsp3) is 0.222. The lowest BCUT2D eigenvalue weighted by Crippen LogP contribution is -2.28. The highest BCUT2D eigenvalue weighted by Crippen LogP contribution is 2.30. The largest absolute Gasteiger partial charge is 0.326 e. The number of amides is 2. The van der Waals surface area contributed by atoms with Crippen molar-refractivity contribution in [3.8, 4) is 0 Å². The summed E-state index contributed by atoms with van der Waals surface area (Å²) in [6.07, 6.45) is 0.0931. The summed E-state index contributed by atoms with van der Waals surface area (Å²) < 4.78 is 0. The number of carbonyl (C=O) groups excluding carboxylic acids is 2. The highest BCUT2D eigenvalue weighted by molar-refractivity contribution is 6.32. The fourth-order valence-electron chi connectivity index (χ4n) is 2.96. The SMILES string of the molecule is Cc1ccccc1N1CC(C(=O)Nc2ccc(Cl)c([N+](=O)[O-])c2)CC1=O. The zero-order valence-electron chi connectivity index (χ0n) is 13.9. The minimum absolute atomic E-state index is 0.00484. The number of nitrogens with zero attached hydrogens (tertiary/aromatic N) is 2. The predicted octanol–water partition coefficient (Wildman–Crippen LogP) is 3.55. The van der Waals surface area contributed by atoms with Crippen molar-refractivity contribution in [2.45, 2.75) is 13.3 Å². The number of carbonyl (C=O) groups is 2. The number of benzene rings is 2. The summed E-state index contributed by atoms with van der Waals surface area (Å²) in [6, 6.07) is 11.5. The van der Waals surface area contributed by atoms with E-state index >= 15 is 0 Å². The number of rotatable bonds is 4. The molecule has 1 atom stereocenters. The van der Waals surface area contributed by atoms with Gasteiger partial charge in [0.05, 0.1) is 10.8 Å². The van der Waals surface area contributed by atoms with Crippen LogP contribution in [0.25, 0.3) is 0 Å². The second-order valence-corrected chi connectivity index (χ2v) is 6.51. The first kappa shape index (κ1) is 17.9. The first-order valence-corrected chi connectivity index (χ1v) is 8.35. The van der Waals surface area contributed by atoms with Crippen LogP contribution >= 0.6 is 11.6 Å². The molecule has 0 aliphatic carbocycles. The molecule has 0 aromatic heterocycles. The van der Waals surface area contributed by atoms with Crippen LogP contribution in [0, 0.1) is 23.0 Å². The zero-order valence-corrected chi connectivity index (χ0v) is 14.7. The Morgan fingerprint density at radius 1 is 1.31 bits per heavy atom. The molecular formula is C18H16ClN3O4. The van der Waals surface area contributed by atoms with Crippen LogP contribution in [-0.4, -0.2) is 23.3 Å². The van der Waals surface area contributed by atoms with E-state index in [4.69, 9.17) is 11.6 Å². The fourth-order valence-corrected chi connectivity index (χ4v) is 3.14. The first-order chi connectivity index (χ1) is 12.4. The third-order valence-corrected chi connectivity index (χ3v) is 4.63. The minimum Gasteiger partial charge on any atom is -0.326 e. The van der Waals surface area contributed by atoms with Crippen molar-refractivity contribution >= 4 is 40.5 Å². The standard InChI is InChI=1S/C18H16ClN3O4/c1-11-4-2-3-5-15(11)21-10-12(8-17(21)23)18(24)20-13-6-7-14(19)16(9-13)22(25)26/h2-7,9,12H,8,10H2,1H3,(H,20,24). The lowest BCUT2D eigenvalue weighted by Gasteiger charge is -2.19. The van der Waals surface area contributed by atoms with Crippen molar-refractivity contribution in [3.05, 3.63) is 63.2 Å². The molecule has 0 radical (unpaired) electrons. The summed E-state index contributed by atoms with van der Waals surface area (Å²) in [6.45, 7) is 2.17. The van der Waals surface area contributed by atoms with E-state index in [1.54, 1.807) is 4.90 Å². The Morgan fingerprint density at radius 2 is 2.04 bits per heavy atom. The van der Waals surface area contributed by atoms with E-state index in [0.717, 1.165) is 11.3 Å². The van der Waals surface area contributed by atoms with E-state index in [1.165, 1.54) is 18.2 Å². The number of hydrogen-bond acceptors (Lipinski definition) is 4. The topological polar surface area (TPSA) is 92.6 Å². The van der Waals surface area contributed by atoms with Crippen molar-refractivity contribution in [3.63, 3.8) is 0 Å². The van der Waals surface area contributed by atoms with Gasteiger partial charge in [-0.05, 0) is 30.7 Å². The van der Waals surface area contributed by atoms with Gasteiger partial charge in [0.15, 0.2) is 0 Å². The average molecular weight is 374 g/mol. The molecule has 1 heterocycles. The third-order valence-electron chi connectivity index (χ3n) is 4.31. The number of hydrogen-bond donors (Lipinski definition) is 1. The summed E-state index contributed by atoms with van der Waals surface area (Å²) in [5.74, 6) is -1.01. The first-order valence-electron chi connectivity index (χ1n) is 7.97. The van der Waals surface area contributed by atoms with Gasteiger partial charge < -0.3 is 10.2 Å². The van der Waals surface area contributed by atoms with Crippen LogP contribution in [0.15, 0.2) is 42.5 Å². The zero-order chi connectivity index (χ0) is 18.8. The van der Waals surface area contributed by atoms with Gasteiger partial charge in [0.25, 0.3) is 5.69 Å². The second kappa shape index (κ2) is 7.13. The predicted molar refractivity (Wildman–Crippen MR) is 98.4 cm³/mol. The van der Waals surface area contributed by atoms with Gasteiger partial charge in [-0.25, -0.2) is 0 Å². The molecule has 134 valence electrons. The summed E-state index contributed by atoms with van der Waals surface area (Å²) in [5, 5.41) is 13.6. The van der Waals surface area contributed by atoms with E-state index in [0.29, 0.717) is 0 Å². The van der Waals surface area contributed by atoms with E-state index < -0.39 is 10.8 Å². The Labute approximate surface area is 154 Å². The number of nitrogens with one attached hydrogen (secondary N) is 1. The van der Waals surface area contributed by atoms with E-state index in [2.05, 4.69) is 5.32 Å². The molecule has 1 saturated heterocycles. The van der Waals surface area contributed by atoms with Crippen molar-refractivity contribution in [1.29, 1.82) is 0 Å².